The van der Waals surface area contributed by atoms with Gasteiger partial charge in [0.2, 0.25) is 15.2 Å². The first-order valence-electron chi connectivity index (χ1n) is 8.49. The van der Waals surface area contributed by atoms with Gasteiger partial charge in [-0.2, -0.15) is 0 Å². The minimum atomic E-state index is -3.67. The van der Waals surface area contributed by atoms with Crippen molar-refractivity contribution >= 4 is 32.4 Å². The number of nitrogens with zero attached hydrogens (tertiary/aromatic N) is 2. The lowest BCUT2D eigenvalue weighted by Crippen LogP contribution is -2.30. The molecule has 0 radical (unpaired) electrons. The summed E-state index contributed by atoms with van der Waals surface area (Å²) in [6.07, 6.45) is 2.91. The molecule has 7 nitrogen and oxygen atoms in total. The van der Waals surface area contributed by atoms with Gasteiger partial charge in [-0.25, -0.2) is 13.1 Å². The lowest BCUT2D eigenvalue weighted by molar-refractivity contribution is 0.102. The van der Waals surface area contributed by atoms with Crippen LogP contribution in [0.25, 0.3) is 0 Å². The predicted molar refractivity (Wildman–Crippen MR) is 103 cm³/mol. The molecule has 0 fully saturated rings. The average Bonchev–Trinajstić information content (AvgIpc) is 2.99. The lowest BCUT2D eigenvalue weighted by Gasteiger charge is -2.12. The van der Waals surface area contributed by atoms with Gasteiger partial charge in [0, 0.05) is 18.0 Å². The molecule has 0 saturated heterocycles. The van der Waals surface area contributed by atoms with Gasteiger partial charge in [-0.15, -0.1) is 10.2 Å². The average molecular weight is 397 g/mol. The van der Waals surface area contributed by atoms with E-state index in [2.05, 4.69) is 27.2 Å². The van der Waals surface area contributed by atoms with E-state index in [0.717, 1.165) is 24.3 Å². The van der Waals surface area contributed by atoms with Crippen LogP contribution < -0.4 is 10.0 Å². The van der Waals surface area contributed by atoms with Gasteiger partial charge >= 0.3 is 0 Å². The van der Waals surface area contributed by atoms with Gasteiger partial charge in [0.15, 0.2) is 0 Å². The Morgan fingerprint density at radius 3 is 2.65 bits per heavy atom. The highest BCUT2D eigenvalue weighted by Gasteiger charge is 2.19. The number of nitrogens with one attached hydrogen (secondary N) is 2. The van der Waals surface area contributed by atoms with Crippen molar-refractivity contribution in [3.63, 3.8) is 0 Å². The molecule has 0 aliphatic rings. The van der Waals surface area contributed by atoms with E-state index in [9.17, 15) is 13.2 Å². The standard InChI is InChI=1S/C17H24N4O3S2/c1-5-6-7-15-19-20-17(25-15)18-16(22)14-10-13(9-8-12(14)4)26(23,24)21-11(2)3/h8-11,21H,5-7H2,1-4H3,(H,18,20,22). The number of hydrogen-bond donors (Lipinski definition) is 2. The Labute approximate surface area is 158 Å². The maximum Gasteiger partial charge on any atom is 0.257 e. The van der Waals surface area contributed by atoms with Crippen LogP contribution in [0.1, 0.15) is 54.5 Å². The van der Waals surface area contributed by atoms with Crippen LogP contribution in [0.2, 0.25) is 0 Å². The van der Waals surface area contributed by atoms with Crippen LogP contribution in [0.3, 0.4) is 0 Å². The Kier molecular flexibility index (Phi) is 6.85. The molecular weight excluding hydrogens is 372 g/mol. The molecule has 0 unspecified atom stereocenters. The molecule has 0 bridgehead atoms. The van der Waals surface area contributed by atoms with Gasteiger partial charge in [0.05, 0.1) is 4.90 Å². The number of unbranched alkanes of at least 4 members (excludes halogenated alkanes) is 1. The maximum absolute atomic E-state index is 12.6. The van der Waals surface area contributed by atoms with Crippen LogP contribution in [-0.2, 0) is 16.4 Å². The first-order valence-corrected chi connectivity index (χ1v) is 10.8. The van der Waals surface area contributed by atoms with Gasteiger partial charge in [0.25, 0.3) is 5.91 Å². The van der Waals surface area contributed by atoms with Crippen LogP contribution in [0.5, 0.6) is 0 Å². The molecule has 142 valence electrons. The number of aromatic nitrogens is 2. The van der Waals surface area contributed by atoms with E-state index >= 15 is 0 Å². The summed E-state index contributed by atoms with van der Waals surface area (Å²) in [6.45, 7) is 7.34. The molecule has 9 heteroatoms. The largest absolute Gasteiger partial charge is 0.296 e. The molecule has 2 aromatic rings. The molecule has 0 aliphatic heterocycles. The van der Waals surface area contributed by atoms with E-state index in [-0.39, 0.29) is 10.9 Å². The highest BCUT2D eigenvalue weighted by molar-refractivity contribution is 7.89. The van der Waals surface area contributed by atoms with Crippen molar-refractivity contribution in [3.8, 4) is 0 Å². The molecule has 0 saturated carbocycles. The van der Waals surface area contributed by atoms with E-state index in [1.54, 1.807) is 26.8 Å². The van der Waals surface area contributed by atoms with Crippen LogP contribution in [0.15, 0.2) is 23.1 Å². The number of carbonyl (C=O) groups is 1. The first-order chi connectivity index (χ1) is 12.2. The molecule has 1 aromatic carbocycles. The third-order valence-electron chi connectivity index (χ3n) is 3.59. The number of hydrogen-bond acceptors (Lipinski definition) is 6. The van der Waals surface area contributed by atoms with Crippen LogP contribution >= 0.6 is 11.3 Å². The van der Waals surface area contributed by atoms with E-state index < -0.39 is 15.9 Å². The van der Waals surface area contributed by atoms with Gasteiger partial charge < -0.3 is 0 Å². The number of carbonyl (C=O) groups excluding carboxylic acids is 1. The second-order valence-corrected chi connectivity index (χ2v) is 9.09. The van der Waals surface area contributed by atoms with Crippen molar-refractivity contribution in [2.24, 2.45) is 0 Å². The second kappa shape index (κ2) is 8.70. The van der Waals surface area contributed by atoms with Gasteiger partial charge in [-0.05, 0) is 44.9 Å². The lowest BCUT2D eigenvalue weighted by atomic mass is 10.1. The van der Waals surface area contributed by atoms with Crippen molar-refractivity contribution < 1.29 is 13.2 Å². The van der Waals surface area contributed by atoms with E-state index in [4.69, 9.17) is 0 Å². The zero-order valence-corrected chi connectivity index (χ0v) is 17.0. The highest BCUT2D eigenvalue weighted by atomic mass is 32.2. The summed E-state index contributed by atoms with van der Waals surface area (Å²) in [5, 5.41) is 12.0. The van der Waals surface area contributed by atoms with Crippen LogP contribution in [0, 0.1) is 6.92 Å². The first kappa shape index (κ1) is 20.5. The summed E-state index contributed by atoms with van der Waals surface area (Å²) in [5.41, 5.74) is 0.976. The van der Waals surface area contributed by atoms with E-state index in [1.807, 2.05) is 0 Å². The molecule has 0 spiro atoms. The number of sulfonamides is 1. The second-order valence-electron chi connectivity index (χ2n) is 6.31. The summed E-state index contributed by atoms with van der Waals surface area (Å²) in [5.74, 6) is -0.401. The summed E-state index contributed by atoms with van der Waals surface area (Å²) in [6, 6.07) is 4.26. The van der Waals surface area contributed by atoms with Crippen LogP contribution in [-0.4, -0.2) is 30.6 Å². The van der Waals surface area contributed by atoms with Crippen molar-refractivity contribution in [1.82, 2.24) is 14.9 Å². The van der Waals surface area contributed by atoms with Crippen molar-refractivity contribution in [2.45, 2.75) is 57.9 Å². The number of anilines is 1. The third kappa shape index (κ3) is 5.33. The highest BCUT2D eigenvalue weighted by Crippen LogP contribution is 2.20. The van der Waals surface area contributed by atoms with E-state index in [0.29, 0.717) is 16.3 Å². The molecule has 1 amide bonds. The van der Waals surface area contributed by atoms with Crippen molar-refractivity contribution in [1.29, 1.82) is 0 Å². The fourth-order valence-corrected chi connectivity index (χ4v) is 4.34. The number of amides is 1. The maximum atomic E-state index is 12.6. The molecule has 2 rings (SSSR count). The number of rotatable bonds is 8. The fourth-order valence-electron chi connectivity index (χ4n) is 2.29. The summed E-state index contributed by atoms with van der Waals surface area (Å²) < 4.78 is 27.2. The monoisotopic (exact) mass is 396 g/mol. The Balaban J connectivity index is 2.20. The number of aryl methyl sites for hydroxylation is 2. The Hall–Kier alpha value is -1.84. The zero-order valence-electron chi connectivity index (χ0n) is 15.4. The smallest absolute Gasteiger partial charge is 0.257 e. The van der Waals surface area contributed by atoms with Gasteiger partial charge in [0.1, 0.15) is 5.01 Å². The molecular formula is C17H24N4O3S2. The normalized spacial score (nSPS) is 11.7. The Morgan fingerprint density at radius 2 is 2.00 bits per heavy atom. The topological polar surface area (TPSA) is 101 Å². The summed E-state index contributed by atoms with van der Waals surface area (Å²) in [7, 11) is -3.67. The minimum absolute atomic E-state index is 0.0582. The molecule has 2 N–H and O–H groups in total. The molecule has 26 heavy (non-hydrogen) atoms. The predicted octanol–water partition coefficient (Wildman–Crippen LogP) is 3.13. The van der Waals surface area contributed by atoms with Crippen molar-refractivity contribution in [2.75, 3.05) is 5.32 Å². The minimum Gasteiger partial charge on any atom is -0.296 e. The van der Waals surface area contributed by atoms with Gasteiger partial charge in [-0.3, -0.25) is 10.1 Å². The van der Waals surface area contributed by atoms with Gasteiger partial charge in [-0.1, -0.05) is 30.7 Å². The van der Waals surface area contributed by atoms with E-state index in [1.165, 1.54) is 23.5 Å². The zero-order chi connectivity index (χ0) is 19.3. The van der Waals surface area contributed by atoms with Crippen molar-refractivity contribution in [3.05, 3.63) is 34.3 Å². The summed E-state index contributed by atoms with van der Waals surface area (Å²) in [4.78, 5) is 12.6. The molecule has 0 aliphatic carbocycles. The van der Waals surface area contributed by atoms with Crippen LogP contribution in [0.4, 0.5) is 5.13 Å². The molecule has 1 aromatic heterocycles. The quantitative estimate of drug-likeness (QED) is 0.714. The SMILES string of the molecule is CCCCc1nnc(NC(=O)c2cc(S(=O)(=O)NC(C)C)ccc2C)s1. The molecule has 0 atom stereocenters. The Bertz CT molecular complexity index is 876. The Morgan fingerprint density at radius 1 is 1.27 bits per heavy atom. The molecule has 1 heterocycles. The third-order valence-corrected chi connectivity index (χ3v) is 6.14. The number of benzene rings is 1. The fraction of sp³-hybridized carbons (Fsp3) is 0.471. The summed E-state index contributed by atoms with van der Waals surface area (Å²) >= 11 is 1.34.